The van der Waals surface area contributed by atoms with Crippen molar-refractivity contribution in [3.63, 3.8) is 0 Å². The van der Waals surface area contributed by atoms with Crippen molar-refractivity contribution >= 4 is 33.0 Å². The molecule has 2 rings (SSSR count). The minimum absolute atomic E-state index is 0.0113. The molecule has 1 heterocycles. The van der Waals surface area contributed by atoms with Gasteiger partial charge in [0.05, 0.1) is 17.0 Å². The highest BCUT2D eigenvalue weighted by Crippen LogP contribution is 2.26. The number of carbonyl (C=O) groups excluding carboxylic acids is 1. The lowest BCUT2D eigenvalue weighted by Gasteiger charge is -2.35. The van der Waals surface area contributed by atoms with E-state index in [4.69, 9.17) is 4.74 Å². The summed E-state index contributed by atoms with van der Waals surface area (Å²) < 4.78 is 20.3. The Morgan fingerprint density at radius 2 is 2.14 bits per heavy atom. The normalized spacial score (nSPS) is 21.3. The molecule has 0 spiro atoms. The number of carbonyl (C=O) groups is 1. The minimum Gasteiger partial charge on any atom is -0.446 e. The Morgan fingerprint density at radius 3 is 2.73 bits per heavy atom. The Bertz CT molecular complexity index is 538. The Balaban J connectivity index is 1.88. The van der Waals surface area contributed by atoms with E-state index in [0.29, 0.717) is 19.5 Å². The Labute approximate surface area is 142 Å². The summed E-state index contributed by atoms with van der Waals surface area (Å²) in [7, 11) is -1.02. The molecule has 0 radical (unpaired) electrons. The largest absolute Gasteiger partial charge is 0.446 e. The molecule has 3 atom stereocenters. The van der Waals surface area contributed by atoms with E-state index in [9.17, 15) is 9.00 Å². The predicted octanol–water partition coefficient (Wildman–Crippen LogP) is 2.99. The number of hydrogen-bond acceptors (Lipinski definition) is 3. The zero-order valence-corrected chi connectivity index (χ0v) is 15.2. The molecule has 0 aliphatic carbocycles. The van der Waals surface area contributed by atoms with Crippen LogP contribution in [-0.4, -0.2) is 40.7 Å². The highest BCUT2D eigenvalue weighted by atomic mass is 79.9. The van der Waals surface area contributed by atoms with Gasteiger partial charge in [-0.15, -0.1) is 0 Å². The summed E-state index contributed by atoms with van der Waals surface area (Å²) in [5, 5.41) is 0. The summed E-state index contributed by atoms with van der Waals surface area (Å²) in [5.41, 5.74) is 1.08. The zero-order chi connectivity index (χ0) is 16.1. The molecule has 1 aliphatic heterocycles. The third kappa shape index (κ3) is 4.79. The first-order valence-electron chi connectivity index (χ1n) is 7.27. The second kappa shape index (κ2) is 8.08. The van der Waals surface area contributed by atoms with Crippen LogP contribution in [0.1, 0.15) is 31.4 Å². The van der Waals surface area contributed by atoms with Gasteiger partial charge in [-0.25, -0.2) is 13.7 Å². The maximum Gasteiger partial charge on any atom is 0.410 e. The topological polar surface area (TPSA) is 58.6 Å². The number of nitrogens with zero attached hydrogens (tertiary/aromatic N) is 1. The molecule has 1 aliphatic rings. The fourth-order valence-corrected chi connectivity index (χ4v) is 3.15. The molecule has 1 saturated heterocycles. The van der Waals surface area contributed by atoms with E-state index in [-0.39, 0.29) is 18.2 Å². The molecule has 1 amide bonds. The summed E-state index contributed by atoms with van der Waals surface area (Å²) in [6, 6.07) is 7.95. The summed E-state index contributed by atoms with van der Waals surface area (Å²) in [6.07, 6.45) is 2.70. The molecule has 3 unspecified atom stereocenters. The first kappa shape index (κ1) is 17.4. The van der Waals surface area contributed by atoms with Crippen molar-refractivity contribution < 1.29 is 13.7 Å². The smallest absolute Gasteiger partial charge is 0.410 e. The van der Waals surface area contributed by atoms with Crippen molar-refractivity contribution in [2.75, 3.05) is 19.3 Å². The standard InChI is InChI=1S/C15H21BrN2O3S/c1-11(12-3-5-13(16)6-4-12)18-10-8-14(21-15(18)19)7-9-17-22(2)20/h3-6,11,14,17H,7-10H2,1-2H3. The number of ether oxygens (including phenoxy) is 1. The highest BCUT2D eigenvalue weighted by Gasteiger charge is 2.30. The van der Waals surface area contributed by atoms with Crippen LogP contribution in [-0.2, 0) is 15.7 Å². The van der Waals surface area contributed by atoms with Crippen molar-refractivity contribution in [3.8, 4) is 0 Å². The van der Waals surface area contributed by atoms with E-state index in [0.717, 1.165) is 16.5 Å². The van der Waals surface area contributed by atoms with Crippen molar-refractivity contribution in [1.29, 1.82) is 0 Å². The average Bonchev–Trinajstić information content (AvgIpc) is 2.47. The summed E-state index contributed by atoms with van der Waals surface area (Å²) in [6.45, 7) is 3.27. The van der Waals surface area contributed by atoms with Gasteiger partial charge in [-0.1, -0.05) is 28.1 Å². The number of cyclic esters (lactones) is 1. The number of nitrogens with one attached hydrogen (secondary N) is 1. The summed E-state index contributed by atoms with van der Waals surface area (Å²) >= 11 is 3.41. The van der Waals surface area contributed by atoms with E-state index in [1.807, 2.05) is 31.2 Å². The van der Waals surface area contributed by atoms with Gasteiger partial charge in [-0.2, -0.15) is 0 Å². The number of benzene rings is 1. The van der Waals surface area contributed by atoms with Crippen molar-refractivity contribution in [1.82, 2.24) is 9.62 Å². The van der Waals surface area contributed by atoms with Crippen molar-refractivity contribution in [2.24, 2.45) is 0 Å². The monoisotopic (exact) mass is 388 g/mol. The maximum atomic E-state index is 12.2. The average molecular weight is 389 g/mol. The summed E-state index contributed by atoms with van der Waals surface area (Å²) in [5.74, 6) is 0. The molecule has 0 bridgehead atoms. The fraction of sp³-hybridized carbons (Fsp3) is 0.533. The van der Waals surface area contributed by atoms with Gasteiger partial charge in [-0.05, 0) is 31.0 Å². The van der Waals surface area contributed by atoms with Gasteiger partial charge in [0, 0.05) is 30.2 Å². The Hall–Kier alpha value is -0.920. The van der Waals surface area contributed by atoms with Crippen LogP contribution in [0.25, 0.3) is 0 Å². The van der Waals surface area contributed by atoms with Crippen LogP contribution in [0.4, 0.5) is 4.79 Å². The fourth-order valence-electron chi connectivity index (χ4n) is 2.48. The maximum absolute atomic E-state index is 12.2. The van der Waals surface area contributed by atoms with E-state index in [2.05, 4.69) is 20.7 Å². The molecule has 5 nitrogen and oxygen atoms in total. The third-order valence-corrected chi connectivity index (χ3v) is 4.92. The highest BCUT2D eigenvalue weighted by molar-refractivity contribution is 9.10. The van der Waals surface area contributed by atoms with E-state index < -0.39 is 11.0 Å². The van der Waals surface area contributed by atoms with Gasteiger partial charge < -0.3 is 9.64 Å². The lowest BCUT2D eigenvalue weighted by atomic mass is 10.1. The van der Waals surface area contributed by atoms with Crippen LogP contribution in [0, 0.1) is 0 Å². The first-order valence-corrected chi connectivity index (χ1v) is 9.62. The van der Waals surface area contributed by atoms with Crippen LogP contribution >= 0.6 is 15.9 Å². The van der Waals surface area contributed by atoms with Crippen molar-refractivity contribution in [2.45, 2.75) is 31.9 Å². The van der Waals surface area contributed by atoms with Crippen LogP contribution in [0.2, 0.25) is 0 Å². The molecular formula is C15H21BrN2O3S. The predicted molar refractivity (Wildman–Crippen MR) is 90.8 cm³/mol. The Kier molecular flexibility index (Phi) is 6.40. The van der Waals surface area contributed by atoms with E-state index >= 15 is 0 Å². The molecule has 7 heteroatoms. The minimum atomic E-state index is -1.02. The van der Waals surface area contributed by atoms with Gasteiger partial charge in [0.25, 0.3) is 0 Å². The lowest BCUT2D eigenvalue weighted by molar-refractivity contribution is 0.0107. The van der Waals surface area contributed by atoms with E-state index in [1.54, 1.807) is 11.2 Å². The van der Waals surface area contributed by atoms with Gasteiger partial charge in [0.1, 0.15) is 6.10 Å². The van der Waals surface area contributed by atoms with Gasteiger partial charge >= 0.3 is 6.09 Å². The number of hydrogen-bond donors (Lipinski definition) is 1. The molecule has 1 fully saturated rings. The number of amides is 1. The molecule has 0 aromatic heterocycles. The number of rotatable bonds is 6. The van der Waals surface area contributed by atoms with Gasteiger partial charge in [0.15, 0.2) is 0 Å². The van der Waals surface area contributed by atoms with Crippen LogP contribution in [0.3, 0.4) is 0 Å². The molecular weight excluding hydrogens is 368 g/mol. The molecule has 1 aromatic carbocycles. The quantitative estimate of drug-likeness (QED) is 0.814. The zero-order valence-electron chi connectivity index (χ0n) is 12.8. The lowest BCUT2D eigenvalue weighted by Crippen LogP contribution is -2.44. The molecule has 1 N–H and O–H groups in total. The molecule has 22 heavy (non-hydrogen) atoms. The number of halogens is 1. The van der Waals surface area contributed by atoms with E-state index in [1.165, 1.54) is 0 Å². The second-order valence-corrected chi connectivity index (χ2v) is 7.47. The molecule has 1 aromatic rings. The molecule has 122 valence electrons. The van der Waals surface area contributed by atoms with Gasteiger partial charge in [-0.3, -0.25) is 0 Å². The SMILES string of the molecule is CC(c1ccc(Br)cc1)N1CCC(CCNS(C)=O)OC1=O. The van der Waals surface area contributed by atoms with Crippen LogP contribution in [0.15, 0.2) is 28.7 Å². The summed E-state index contributed by atoms with van der Waals surface area (Å²) in [4.78, 5) is 14.0. The van der Waals surface area contributed by atoms with Crippen LogP contribution < -0.4 is 4.72 Å². The Morgan fingerprint density at radius 1 is 1.45 bits per heavy atom. The second-order valence-electron chi connectivity index (χ2n) is 5.35. The molecule has 0 saturated carbocycles. The van der Waals surface area contributed by atoms with Gasteiger partial charge in [0.2, 0.25) is 0 Å². The van der Waals surface area contributed by atoms with Crippen molar-refractivity contribution in [3.05, 3.63) is 34.3 Å². The first-order chi connectivity index (χ1) is 10.5. The van der Waals surface area contributed by atoms with Crippen LogP contribution in [0.5, 0.6) is 0 Å². The third-order valence-electron chi connectivity index (χ3n) is 3.79.